The van der Waals surface area contributed by atoms with Crippen molar-refractivity contribution in [3.8, 4) is 5.88 Å². The molecule has 2 heterocycles. The minimum atomic E-state index is 0.693. The number of fused-ring (bicyclic) bond motifs is 1. The summed E-state index contributed by atoms with van der Waals surface area (Å²) in [7, 11) is 1.69. The Labute approximate surface area is 111 Å². The van der Waals surface area contributed by atoms with Crippen LogP contribution in [0, 0.1) is 5.92 Å². The van der Waals surface area contributed by atoms with Crippen molar-refractivity contribution in [2.45, 2.75) is 38.8 Å². The van der Waals surface area contributed by atoms with Crippen LogP contribution in [0.15, 0.2) is 11.6 Å². The fraction of sp³-hybridized carbons (Fsp3) is 0.615. The smallest absolute Gasteiger partial charge is 0.237 e. The van der Waals surface area contributed by atoms with Crippen molar-refractivity contribution in [1.29, 1.82) is 0 Å². The van der Waals surface area contributed by atoms with Crippen LogP contribution in [0.2, 0.25) is 0 Å². The molecule has 5 heteroatoms. The third-order valence-electron chi connectivity index (χ3n) is 3.63. The lowest BCUT2D eigenvalue weighted by atomic mass is 10.2. The summed E-state index contributed by atoms with van der Waals surface area (Å²) in [6.45, 7) is 3.09. The van der Waals surface area contributed by atoms with Crippen LogP contribution in [0.4, 0.5) is 0 Å². The van der Waals surface area contributed by atoms with E-state index >= 15 is 0 Å². The number of hydrogen-bond acceptors (Lipinski definition) is 4. The molecule has 0 aromatic carbocycles. The van der Waals surface area contributed by atoms with Crippen LogP contribution in [0.3, 0.4) is 0 Å². The highest BCUT2D eigenvalue weighted by Crippen LogP contribution is 2.35. The average Bonchev–Trinajstić information content (AvgIpc) is 2.83. The predicted molar refractivity (Wildman–Crippen MR) is 73.3 cm³/mol. The molecule has 0 bridgehead atoms. The van der Waals surface area contributed by atoms with E-state index in [0.717, 1.165) is 29.0 Å². The number of nitrogens with one attached hydrogen (secondary N) is 1. The lowest BCUT2D eigenvalue weighted by molar-refractivity contribution is 0.392. The van der Waals surface area contributed by atoms with Gasteiger partial charge in [0.25, 0.3) is 0 Å². The number of ether oxygens (including phenoxy) is 1. The highest BCUT2D eigenvalue weighted by molar-refractivity contribution is 7.15. The van der Waals surface area contributed by atoms with Gasteiger partial charge in [-0.1, -0.05) is 13.3 Å². The van der Waals surface area contributed by atoms with Crippen molar-refractivity contribution in [1.82, 2.24) is 14.7 Å². The molecule has 2 aromatic heterocycles. The van der Waals surface area contributed by atoms with Gasteiger partial charge in [0.05, 0.1) is 7.11 Å². The van der Waals surface area contributed by atoms with E-state index in [9.17, 15) is 0 Å². The van der Waals surface area contributed by atoms with E-state index in [1.54, 1.807) is 18.4 Å². The zero-order valence-corrected chi connectivity index (χ0v) is 11.7. The molecule has 2 atom stereocenters. The Bertz CT molecular complexity index is 533. The first-order valence-corrected chi connectivity index (χ1v) is 7.43. The number of hydrogen-bond donors (Lipinski definition) is 1. The second-order valence-electron chi connectivity index (χ2n) is 4.90. The molecule has 0 amide bonds. The van der Waals surface area contributed by atoms with Crippen molar-refractivity contribution in [2.75, 3.05) is 7.11 Å². The molecule has 1 N–H and O–H groups in total. The molecule has 0 radical (unpaired) electrons. The van der Waals surface area contributed by atoms with E-state index in [-0.39, 0.29) is 0 Å². The fourth-order valence-corrected chi connectivity index (χ4v) is 3.28. The van der Waals surface area contributed by atoms with Gasteiger partial charge in [-0.2, -0.15) is 4.98 Å². The number of aromatic nitrogens is 2. The molecule has 1 fully saturated rings. The Balaban J connectivity index is 1.68. The number of methoxy groups -OCH3 is 1. The number of imidazole rings is 1. The van der Waals surface area contributed by atoms with Crippen molar-refractivity contribution >= 4 is 16.3 Å². The summed E-state index contributed by atoms with van der Waals surface area (Å²) < 4.78 is 7.47. The quantitative estimate of drug-likeness (QED) is 0.872. The lowest BCUT2D eigenvalue weighted by Crippen LogP contribution is -2.19. The van der Waals surface area contributed by atoms with Crippen LogP contribution in [0.5, 0.6) is 5.88 Å². The maximum absolute atomic E-state index is 5.35. The van der Waals surface area contributed by atoms with Crippen LogP contribution < -0.4 is 10.1 Å². The molecule has 4 nitrogen and oxygen atoms in total. The van der Waals surface area contributed by atoms with Gasteiger partial charge in [0.2, 0.25) is 5.88 Å². The van der Waals surface area contributed by atoms with Crippen LogP contribution in [0.1, 0.15) is 31.9 Å². The molecule has 0 spiro atoms. The predicted octanol–water partition coefficient (Wildman–Crippen LogP) is 2.68. The van der Waals surface area contributed by atoms with Crippen molar-refractivity contribution in [3.05, 3.63) is 17.3 Å². The van der Waals surface area contributed by atoms with Gasteiger partial charge < -0.3 is 10.1 Å². The summed E-state index contributed by atoms with van der Waals surface area (Å²) in [6.07, 6.45) is 6.01. The normalized spacial score (nSPS) is 22.6. The lowest BCUT2D eigenvalue weighted by Gasteiger charge is -2.05. The van der Waals surface area contributed by atoms with E-state index in [0.29, 0.717) is 6.04 Å². The molecule has 0 saturated heterocycles. The molecular weight excluding hydrogens is 246 g/mol. The molecule has 1 aliphatic rings. The first kappa shape index (κ1) is 12.0. The molecule has 1 aliphatic carbocycles. The molecule has 0 aliphatic heterocycles. The topological polar surface area (TPSA) is 38.6 Å². The summed E-state index contributed by atoms with van der Waals surface area (Å²) in [4.78, 5) is 5.47. The Morgan fingerprint density at radius 1 is 1.61 bits per heavy atom. The van der Waals surface area contributed by atoms with E-state index in [1.165, 1.54) is 19.3 Å². The first-order valence-electron chi connectivity index (χ1n) is 6.55. The summed E-state index contributed by atoms with van der Waals surface area (Å²) >= 11 is 1.64. The summed E-state index contributed by atoms with van der Waals surface area (Å²) in [5.41, 5.74) is 1.14. The van der Waals surface area contributed by atoms with Crippen molar-refractivity contribution in [3.63, 3.8) is 0 Å². The molecule has 2 aromatic rings. The fourth-order valence-electron chi connectivity index (χ4n) is 2.55. The molecule has 3 rings (SSSR count). The zero-order valence-electron chi connectivity index (χ0n) is 10.8. The maximum atomic E-state index is 5.35. The van der Waals surface area contributed by atoms with Gasteiger partial charge in [-0.15, -0.1) is 11.3 Å². The van der Waals surface area contributed by atoms with E-state index in [4.69, 9.17) is 4.74 Å². The van der Waals surface area contributed by atoms with E-state index in [1.807, 2.05) is 0 Å². The Hall–Kier alpha value is -1.07. The second kappa shape index (κ2) is 4.90. The van der Waals surface area contributed by atoms with Gasteiger partial charge in [0, 0.05) is 24.2 Å². The van der Waals surface area contributed by atoms with Crippen LogP contribution >= 0.6 is 11.3 Å². The first-order chi connectivity index (χ1) is 8.83. The molecule has 18 heavy (non-hydrogen) atoms. The zero-order chi connectivity index (χ0) is 12.5. The SMILES string of the molecule is CCCC1CC1NCc1c(OC)nc2sccn12. The average molecular weight is 265 g/mol. The molecular formula is C13H19N3OS. The summed E-state index contributed by atoms with van der Waals surface area (Å²) in [5.74, 6) is 1.63. The van der Waals surface area contributed by atoms with Gasteiger partial charge in [0.1, 0.15) is 5.69 Å². The van der Waals surface area contributed by atoms with Crippen LogP contribution in [-0.2, 0) is 6.54 Å². The largest absolute Gasteiger partial charge is 0.480 e. The highest BCUT2D eigenvalue weighted by atomic mass is 32.1. The van der Waals surface area contributed by atoms with Gasteiger partial charge in [-0.3, -0.25) is 4.40 Å². The third-order valence-corrected chi connectivity index (χ3v) is 4.39. The highest BCUT2D eigenvalue weighted by Gasteiger charge is 2.35. The minimum Gasteiger partial charge on any atom is -0.480 e. The second-order valence-corrected chi connectivity index (χ2v) is 5.77. The van der Waals surface area contributed by atoms with E-state index in [2.05, 4.69) is 33.2 Å². The van der Waals surface area contributed by atoms with Crippen LogP contribution in [-0.4, -0.2) is 22.5 Å². The number of rotatable bonds is 6. The van der Waals surface area contributed by atoms with Gasteiger partial charge in [-0.25, -0.2) is 0 Å². The summed E-state index contributed by atoms with van der Waals surface area (Å²) in [5, 5.41) is 5.67. The minimum absolute atomic E-state index is 0.693. The Morgan fingerprint density at radius 2 is 2.50 bits per heavy atom. The third kappa shape index (κ3) is 2.12. The Morgan fingerprint density at radius 3 is 3.28 bits per heavy atom. The molecule has 1 saturated carbocycles. The van der Waals surface area contributed by atoms with Gasteiger partial charge in [0.15, 0.2) is 4.96 Å². The Kier molecular flexibility index (Phi) is 3.26. The molecule has 98 valence electrons. The van der Waals surface area contributed by atoms with Crippen molar-refractivity contribution in [2.24, 2.45) is 5.92 Å². The van der Waals surface area contributed by atoms with E-state index < -0.39 is 0 Å². The number of nitrogens with zero attached hydrogens (tertiary/aromatic N) is 2. The van der Waals surface area contributed by atoms with Crippen LogP contribution in [0.25, 0.3) is 4.96 Å². The number of thiazole rings is 1. The van der Waals surface area contributed by atoms with Gasteiger partial charge >= 0.3 is 0 Å². The summed E-state index contributed by atoms with van der Waals surface area (Å²) in [6, 6.07) is 0.693. The van der Waals surface area contributed by atoms with Crippen molar-refractivity contribution < 1.29 is 4.74 Å². The van der Waals surface area contributed by atoms with Gasteiger partial charge in [-0.05, 0) is 18.8 Å². The maximum Gasteiger partial charge on any atom is 0.237 e. The molecule has 2 unspecified atom stereocenters. The standard InChI is InChI=1S/C13H19N3OS/c1-3-4-9-7-10(9)14-8-11-12(17-2)15-13-16(11)5-6-18-13/h5-6,9-10,14H,3-4,7-8H2,1-2H3. The monoisotopic (exact) mass is 265 g/mol.